The minimum Gasteiger partial charge on any atom is -0.265 e. The largest absolute Gasteiger partial charge is 0.265 e. The molecule has 148 valence electrons. The second-order valence-corrected chi connectivity index (χ2v) is 17.2. The Kier molecular flexibility index (Phi) is 8.99. The summed E-state index contributed by atoms with van der Waals surface area (Å²) in [5.74, 6) is 0. The van der Waals surface area contributed by atoms with Gasteiger partial charge in [-0.05, 0) is 11.6 Å². The fourth-order valence-electron chi connectivity index (χ4n) is 3.39. The van der Waals surface area contributed by atoms with Gasteiger partial charge in [0.05, 0.1) is 0 Å². The van der Waals surface area contributed by atoms with Gasteiger partial charge in [0.15, 0.2) is 0 Å². The van der Waals surface area contributed by atoms with E-state index in [0.717, 1.165) is 0 Å². The Morgan fingerprint density at radius 1 is 0.793 bits per heavy atom. The SMILES string of the molecule is C[Si](C)=[Zr+2].Cc1[cH-]c(C)c(C)c1C.Cc1[cH-]c2ccccc2c1-c1cccnc1. The molecule has 0 fully saturated rings. The van der Waals surface area contributed by atoms with Gasteiger partial charge in [-0.2, -0.15) is 28.3 Å². The van der Waals surface area contributed by atoms with Crippen LogP contribution in [-0.2, 0) is 23.3 Å². The summed E-state index contributed by atoms with van der Waals surface area (Å²) in [5, 5.41) is 2.62. The van der Waals surface area contributed by atoms with Gasteiger partial charge in [0.2, 0.25) is 0 Å². The summed E-state index contributed by atoms with van der Waals surface area (Å²) in [5.41, 5.74) is 9.77. The van der Waals surface area contributed by atoms with E-state index in [1.54, 1.807) is 23.3 Å². The van der Waals surface area contributed by atoms with Crippen LogP contribution >= 0.6 is 0 Å². The molecule has 3 aromatic carbocycles. The molecule has 0 atom stereocenters. The Bertz CT molecular complexity index is 1060. The van der Waals surface area contributed by atoms with E-state index in [1.807, 2.05) is 18.5 Å². The van der Waals surface area contributed by atoms with E-state index in [1.165, 1.54) is 49.7 Å². The van der Waals surface area contributed by atoms with Crippen molar-refractivity contribution in [1.82, 2.24) is 4.98 Å². The van der Waals surface area contributed by atoms with Crippen LogP contribution in [0, 0.1) is 34.6 Å². The average Bonchev–Trinajstić information content (AvgIpc) is 3.13. The van der Waals surface area contributed by atoms with E-state index in [-0.39, 0.29) is 5.43 Å². The Morgan fingerprint density at radius 2 is 1.38 bits per heavy atom. The molecular formula is C26H31NSiZr. The summed E-state index contributed by atoms with van der Waals surface area (Å²) in [6.07, 6.45) is 3.73. The Balaban J connectivity index is 0.000000195. The number of rotatable bonds is 1. The molecule has 1 nitrogen and oxygen atoms in total. The average molecular weight is 477 g/mol. The van der Waals surface area contributed by atoms with Crippen LogP contribution in [0.3, 0.4) is 0 Å². The maximum Gasteiger partial charge on any atom is 0.0267 e. The molecule has 0 unspecified atom stereocenters. The third-order valence-electron chi connectivity index (χ3n) is 5.13. The molecule has 0 saturated heterocycles. The van der Waals surface area contributed by atoms with Crippen LogP contribution in [0.1, 0.15) is 27.8 Å². The predicted octanol–water partition coefficient (Wildman–Crippen LogP) is 7.35. The van der Waals surface area contributed by atoms with Crippen LogP contribution in [-0.4, -0.2) is 10.4 Å². The summed E-state index contributed by atoms with van der Waals surface area (Å²) in [6, 6.07) is 17.1. The summed E-state index contributed by atoms with van der Waals surface area (Å²) in [7, 11) is 0. The fourth-order valence-corrected chi connectivity index (χ4v) is 3.39. The number of pyridine rings is 1. The first-order valence-corrected chi connectivity index (χ1v) is 16.2. The molecule has 0 aliphatic heterocycles. The third-order valence-corrected chi connectivity index (χ3v) is 5.13. The summed E-state index contributed by atoms with van der Waals surface area (Å²) in [4.78, 5) is 4.19. The van der Waals surface area contributed by atoms with Crippen molar-refractivity contribution in [3.05, 3.63) is 88.7 Å². The first kappa shape index (κ1) is 23.7. The Morgan fingerprint density at radius 3 is 1.86 bits per heavy atom. The molecule has 0 saturated carbocycles. The van der Waals surface area contributed by atoms with Crippen molar-refractivity contribution in [3.8, 4) is 11.1 Å². The van der Waals surface area contributed by atoms with Crippen molar-refractivity contribution in [2.45, 2.75) is 47.7 Å². The second kappa shape index (κ2) is 11.0. The van der Waals surface area contributed by atoms with E-state index in [0.29, 0.717) is 0 Å². The zero-order chi connectivity index (χ0) is 21.6. The number of nitrogens with zero attached hydrogens (tertiary/aromatic N) is 1. The molecule has 0 aliphatic carbocycles. The first-order chi connectivity index (χ1) is 13.7. The van der Waals surface area contributed by atoms with Crippen LogP contribution in [0.2, 0.25) is 13.1 Å². The van der Waals surface area contributed by atoms with Crippen molar-refractivity contribution in [2.75, 3.05) is 0 Å². The van der Waals surface area contributed by atoms with Gasteiger partial charge < -0.3 is 0 Å². The van der Waals surface area contributed by atoms with Crippen molar-refractivity contribution >= 4 is 16.2 Å². The minimum absolute atomic E-state index is 0.210. The number of benzene rings is 1. The fraction of sp³-hybridized carbons (Fsp3) is 0.269. The number of hydrogen-bond acceptors (Lipinski definition) is 1. The standard InChI is InChI=1S/C15H12N.C9H13.C2H6Si.Zr/c1-11-9-12-5-2-3-7-14(12)15(11)13-6-4-8-16-10-13;1-6-5-7(2)9(4)8(6)3;1-3-2;/h2-10H,1H3;5H,1-4H3;1-2H3;/q2*-1;;+2. The maximum atomic E-state index is 4.19. The van der Waals surface area contributed by atoms with Gasteiger partial charge in [0.25, 0.3) is 0 Å². The van der Waals surface area contributed by atoms with Crippen LogP contribution in [0.15, 0.2) is 60.9 Å². The van der Waals surface area contributed by atoms with Crippen molar-refractivity contribution in [2.24, 2.45) is 0 Å². The smallest absolute Gasteiger partial charge is 0.0267 e. The van der Waals surface area contributed by atoms with Gasteiger partial charge >= 0.3 is 41.9 Å². The van der Waals surface area contributed by atoms with Gasteiger partial charge in [-0.1, -0.05) is 46.8 Å². The molecule has 1 heterocycles. The Hall–Kier alpha value is -1.57. The molecule has 1 aromatic heterocycles. The van der Waals surface area contributed by atoms with Crippen LogP contribution in [0.5, 0.6) is 0 Å². The van der Waals surface area contributed by atoms with E-state index in [2.05, 4.69) is 95.2 Å². The van der Waals surface area contributed by atoms with Gasteiger partial charge in [0, 0.05) is 12.4 Å². The quantitative estimate of drug-likeness (QED) is 0.207. The topological polar surface area (TPSA) is 12.9 Å². The molecule has 0 aliphatic rings. The van der Waals surface area contributed by atoms with E-state index >= 15 is 0 Å². The van der Waals surface area contributed by atoms with Crippen molar-refractivity contribution < 1.29 is 23.3 Å². The van der Waals surface area contributed by atoms with Crippen molar-refractivity contribution in [3.63, 3.8) is 0 Å². The zero-order valence-electron chi connectivity index (χ0n) is 18.7. The van der Waals surface area contributed by atoms with Gasteiger partial charge in [-0.15, -0.1) is 46.2 Å². The summed E-state index contributed by atoms with van der Waals surface area (Å²) >= 11 is 1.74. The first-order valence-electron chi connectivity index (χ1n) is 9.99. The molecule has 0 amide bonds. The molecule has 4 rings (SSSR count). The van der Waals surface area contributed by atoms with Gasteiger partial charge in [-0.25, -0.2) is 0 Å². The second-order valence-electron chi connectivity index (χ2n) is 7.79. The Labute approximate surface area is 191 Å². The summed E-state index contributed by atoms with van der Waals surface area (Å²) in [6.45, 7) is 15.5. The van der Waals surface area contributed by atoms with Gasteiger partial charge in [-0.3, -0.25) is 4.98 Å². The molecule has 0 bridgehead atoms. The molecular weight excluding hydrogens is 446 g/mol. The number of hydrogen-bond donors (Lipinski definition) is 0. The zero-order valence-corrected chi connectivity index (χ0v) is 22.2. The number of aryl methyl sites for hydroxylation is 3. The number of aromatic nitrogens is 1. The minimum atomic E-state index is 0.210. The molecule has 0 N–H and O–H groups in total. The van der Waals surface area contributed by atoms with Gasteiger partial charge in [0.1, 0.15) is 0 Å². The summed E-state index contributed by atoms with van der Waals surface area (Å²) < 4.78 is 0. The van der Waals surface area contributed by atoms with E-state index in [9.17, 15) is 0 Å². The third kappa shape index (κ3) is 6.46. The normalized spacial score (nSPS) is 10.1. The molecule has 3 heteroatoms. The molecule has 29 heavy (non-hydrogen) atoms. The molecule has 0 radical (unpaired) electrons. The monoisotopic (exact) mass is 475 g/mol. The van der Waals surface area contributed by atoms with E-state index in [4.69, 9.17) is 0 Å². The molecule has 4 aromatic rings. The van der Waals surface area contributed by atoms with Crippen LogP contribution in [0.4, 0.5) is 0 Å². The predicted molar refractivity (Wildman–Crippen MR) is 126 cm³/mol. The maximum absolute atomic E-state index is 4.19. The van der Waals surface area contributed by atoms with E-state index < -0.39 is 0 Å². The molecule has 0 spiro atoms. The number of fused-ring (bicyclic) bond motifs is 1. The van der Waals surface area contributed by atoms with Crippen molar-refractivity contribution in [1.29, 1.82) is 0 Å². The van der Waals surface area contributed by atoms with Crippen LogP contribution in [0.25, 0.3) is 21.9 Å². The van der Waals surface area contributed by atoms with Crippen LogP contribution < -0.4 is 0 Å².